The first kappa shape index (κ1) is 15.2. The molecule has 0 N–H and O–H groups in total. The van der Waals surface area contributed by atoms with Crippen molar-refractivity contribution in [2.75, 3.05) is 6.54 Å². The summed E-state index contributed by atoms with van der Waals surface area (Å²) in [6, 6.07) is 14.0. The van der Waals surface area contributed by atoms with Crippen molar-refractivity contribution in [1.29, 1.82) is 5.26 Å². The maximum absolute atomic E-state index is 9.68. The molecule has 5 heteroatoms. The third kappa shape index (κ3) is 2.37. The van der Waals surface area contributed by atoms with E-state index < -0.39 is 0 Å². The van der Waals surface area contributed by atoms with Gasteiger partial charge in [0.15, 0.2) is 0 Å². The van der Waals surface area contributed by atoms with Crippen LogP contribution in [0.1, 0.15) is 23.3 Å². The molecular formula is C19H13ClN2OS. The molecule has 118 valence electrons. The number of rotatable bonds is 2. The van der Waals surface area contributed by atoms with Gasteiger partial charge >= 0.3 is 0 Å². The normalized spacial score (nSPS) is 19.7. The fourth-order valence-electron chi connectivity index (χ4n) is 3.16. The van der Waals surface area contributed by atoms with E-state index in [0.717, 1.165) is 27.5 Å². The summed E-state index contributed by atoms with van der Waals surface area (Å²) in [5.74, 6) is 1.40. The molecule has 0 saturated carbocycles. The van der Waals surface area contributed by atoms with Crippen LogP contribution in [0.3, 0.4) is 0 Å². The van der Waals surface area contributed by atoms with E-state index in [0.29, 0.717) is 22.9 Å². The molecule has 4 rings (SSSR count). The highest BCUT2D eigenvalue weighted by Crippen LogP contribution is 2.45. The van der Waals surface area contributed by atoms with Crippen molar-refractivity contribution in [3.63, 3.8) is 0 Å². The van der Waals surface area contributed by atoms with Crippen molar-refractivity contribution in [2.45, 2.75) is 12.8 Å². The number of nitrogens with zero attached hydrogens (tertiary/aromatic N) is 2. The monoisotopic (exact) mass is 352 g/mol. The largest absolute Gasteiger partial charge is 0.463 e. The zero-order valence-electron chi connectivity index (χ0n) is 12.9. The molecule has 3 nitrogen and oxygen atoms in total. The van der Waals surface area contributed by atoms with Crippen LogP contribution in [-0.4, -0.2) is 12.3 Å². The summed E-state index contributed by atoms with van der Waals surface area (Å²) in [4.78, 5) is 5.82. The maximum atomic E-state index is 9.68. The van der Waals surface area contributed by atoms with E-state index in [2.05, 4.69) is 17.1 Å². The van der Waals surface area contributed by atoms with E-state index in [1.54, 1.807) is 11.3 Å². The molecule has 2 aliphatic rings. The summed E-state index contributed by atoms with van der Waals surface area (Å²) in [5, 5.41) is 12.4. The fraction of sp³-hybridized carbons (Fsp3) is 0.158. The average Bonchev–Trinajstić information content (AvgIpc) is 3.24. The van der Waals surface area contributed by atoms with Crippen molar-refractivity contribution < 1.29 is 4.74 Å². The number of hydrogen-bond donors (Lipinski definition) is 0. The molecule has 0 saturated heterocycles. The second kappa shape index (κ2) is 5.94. The lowest BCUT2D eigenvalue weighted by atomic mass is 9.83. The first-order chi connectivity index (χ1) is 11.7. The lowest BCUT2D eigenvalue weighted by Crippen LogP contribution is -2.19. The Morgan fingerprint density at radius 2 is 2.08 bits per heavy atom. The second-order valence-electron chi connectivity index (χ2n) is 5.64. The van der Waals surface area contributed by atoms with Gasteiger partial charge in [-0.25, -0.2) is 0 Å². The van der Waals surface area contributed by atoms with Gasteiger partial charge in [0, 0.05) is 21.0 Å². The Bertz CT molecular complexity index is 931. The van der Waals surface area contributed by atoms with E-state index in [1.807, 2.05) is 42.6 Å². The molecule has 0 bridgehead atoms. The van der Waals surface area contributed by atoms with Gasteiger partial charge in [-0.05, 0) is 30.5 Å². The molecule has 1 atom stereocenters. The van der Waals surface area contributed by atoms with Crippen molar-refractivity contribution in [3.05, 3.63) is 79.9 Å². The zero-order chi connectivity index (χ0) is 16.7. The third-order valence-electron chi connectivity index (χ3n) is 4.24. The summed E-state index contributed by atoms with van der Waals surface area (Å²) in [5.41, 5.74) is 3.54. The topological polar surface area (TPSA) is 45.4 Å². The van der Waals surface area contributed by atoms with Crippen molar-refractivity contribution in [2.24, 2.45) is 4.99 Å². The first-order valence-electron chi connectivity index (χ1n) is 7.55. The predicted molar refractivity (Wildman–Crippen MR) is 96.3 cm³/mol. The van der Waals surface area contributed by atoms with Crippen LogP contribution < -0.4 is 0 Å². The van der Waals surface area contributed by atoms with Crippen LogP contribution in [0.2, 0.25) is 5.02 Å². The van der Waals surface area contributed by atoms with Gasteiger partial charge in [0.25, 0.3) is 0 Å². The first-order valence-corrected chi connectivity index (χ1v) is 8.80. The van der Waals surface area contributed by atoms with Gasteiger partial charge in [-0.2, -0.15) is 5.26 Å². The summed E-state index contributed by atoms with van der Waals surface area (Å²) >= 11 is 7.65. The Labute approximate surface area is 149 Å². The number of allylic oxidation sites excluding steroid dienone is 3. The lowest BCUT2D eigenvalue weighted by molar-refractivity contribution is 0.287. The van der Waals surface area contributed by atoms with E-state index >= 15 is 0 Å². The lowest BCUT2D eigenvalue weighted by Gasteiger charge is -2.26. The third-order valence-corrected chi connectivity index (χ3v) is 5.42. The Morgan fingerprint density at radius 1 is 1.29 bits per heavy atom. The number of ether oxygens (including phenoxy) is 1. The number of halogens is 1. The molecule has 0 amide bonds. The van der Waals surface area contributed by atoms with Crippen LogP contribution >= 0.6 is 22.9 Å². The number of thiophene rings is 1. The Kier molecular flexibility index (Phi) is 3.76. The van der Waals surface area contributed by atoms with Crippen LogP contribution in [0.5, 0.6) is 0 Å². The second-order valence-corrected chi connectivity index (χ2v) is 7.06. The number of aliphatic imine (C=N–C) groups is 1. The Morgan fingerprint density at radius 3 is 2.75 bits per heavy atom. The molecule has 1 unspecified atom stereocenters. The maximum Gasteiger partial charge on any atom is 0.131 e. The Hall–Kier alpha value is -2.35. The minimum Gasteiger partial charge on any atom is -0.463 e. The molecule has 0 aliphatic carbocycles. The standard InChI is InChI=1S/C19H13ClN2OS/c1-11-14(9-21)17(16-3-2-8-24-16)18-15(23-11)10-22-19(18)12-4-6-13(20)7-5-12/h2-8,17H,10H2,1H3. The van der Waals surface area contributed by atoms with Crippen molar-refractivity contribution in [3.8, 4) is 6.07 Å². The SMILES string of the molecule is CC1=C(C#N)C(c2cccs2)C2=C(CN=C2c2ccc(Cl)cc2)O1. The number of hydrogen-bond acceptors (Lipinski definition) is 4. The number of benzene rings is 1. The van der Waals surface area contributed by atoms with E-state index in [9.17, 15) is 5.26 Å². The van der Waals surface area contributed by atoms with Gasteiger partial charge in [0.05, 0.1) is 29.8 Å². The summed E-state index contributed by atoms with van der Waals surface area (Å²) in [6.45, 7) is 2.36. The molecule has 1 aromatic heterocycles. The average molecular weight is 353 g/mol. The van der Waals surface area contributed by atoms with Gasteiger partial charge in [-0.1, -0.05) is 29.8 Å². The number of nitriles is 1. The minimum atomic E-state index is -0.115. The summed E-state index contributed by atoms with van der Waals surface area (Å²) < 4.78 is 5.92. The van der Waals surface area contributed by atoms with E-state index in [-0.39, 0.29) is 5.92 Å². The highest BCUT2D eigenvalue weighted by Gasteiger charge is 2.38. The predicted octanol–water partition coefficient (Wildman–Crippen LogP) is 5.07. The highest BCUT2D eigenvalue weighted by molar-refractivity contribution is 7.10. The molecule has 0 radical (unpaired) electrons. The van der Waals surface area contributed by atoms with E-state index in [1.165, 1.54) is 0 Å². The minimum absolute atomic E-state index is 0.115. The Balaban J connectivity index is 1.85. The van der Waals surface area contributed by atoms with Crippen molar-refractivity contribution in [1.82, 2.24) is 0 Å². The van der Waals surface area contributed by atoms with Crippen molar-refractivity contribution >= 4 is 28.6 Å². The zero-order valence-corrected chi connectivity index (χ0v) is 14.5. The fourth-order valence-corrected chi connectivity index (χ4v) is 4.13. The van der Waals surface area contributed by atoms with Gasteiger partial charge in [0.2, 0.25) is 0 Å². The highest BCUT2D eigenvalue weighted by atomic mass is 35.5. The van der Waals surface area contributed by atoms with Gasteiger partial charge in [-0.3, -0.25) is 4.99 Å². The molecule has 3 heterocycles. The van der Waals surface area contributed by atoms with Crippen LogP contribution in [0.15, 0.2) is 69.4 Å². The van der Waals surface area contributed by atoms with Gasteiger partial charge in [0.1, 0.15) is 11.5 Å². The van der Waals surface area contributed by atoms with Crippen LogP contribution in [0.25, 0.3) is 0 Å². The molecule has 24 heavy (non-hydrogen) atoms. The molecule has 2 aromatic rings. The van der Waals surface area contributed by atoms with Gasteiger partial charge < -0.3 is 4.74 Å². The van der Waals surface area contributed by atoms with Gasteiger partial charge in [-0.15, -0.1) is 11.3 Å². The van der Waals surface area contributed by atoms with Crippen LogP contribution in [-0.2, 0) is 4.74 Å². The molecular weight excluding hydrogens is 340 g/mol. The smallest absolute Gasteiger partial charge is 0.131 e. The summed E-state index contributed by atoms with van der Waals surface area (Å²) in [7, 11) is 0. The van der Waals surface area contributed by atoms with Crippen LogP contribution in [0.4, 0.5) is 0 Å². The van der Waals surface area contributed by atoms with E-state index in [4.69, 9.17) is 16.3 Å². The molecule has 0 spiro atoms. The molecule has 1 aromatic carbocycles. The molecule has 0 fully saturated rings. The quantitative estimate of drug-likeness (QED) is 0.757. The van der Waals surface area contributed by atoms with Crippen LogP contribution in [0, 0.1) is 11.3 Å². The molecule has 2 aliphatic heterocycles. The summed E-state index contributed by atoms with van der Waals surface area (Å²) in [6.07, 6.45) is 0.